The fourth-order valence-electron chi connectivity index (χ4n) is 17.6. The van der Waals surface area contributed by atoms with Crippen molar-refractivity contribution in [2.45, 2.75) is 165 Å². The van der Waals surface area contributed by atoms with Crippen LogP contribution in [0.15, 0.2) is 72.8 Å². The molecule has 13 N–H and O–H groups in total. The number of benzene rings is 6. The first-order valence-electron chi connectivity index (χ1n) is 46.0. The number of nitrogens with two attached hydrogens (primary N) is 4. The molecule has 10 aromatic rings. The topological polar surface area (TPSA) is 456 Å². The minimum absolute atomic E-state index is 0.000139. The Bertz CT molecular complexity index is 6180. The van der Waals surface area contributed by atoms with E-state index in [-0.39, 0.29) is 173 Å². The van der Waals surface area contributed by atoms with Crippen molar-refractivity contribution >= 4 is 120 Å². The average molecular weight is 1970 g/mol. The van der Waals surface area contributed by atoms with Gasteiger partial charge in [-0.25, -0.2) is 60.9 Å². The number of nitrogen functional groups attached to an aromatic ring is 4. The molecular weight excluding hydrogens is 1850 g/mol. The third-order valence-corrected chi connectivity index (χ3v) is 25.5. The van der Waals surface area contributed by atoms with E-state index < -0.39 is 40.4 Å². The van der Waals surface area contributed by atoms with E-state index in [4.69, 9.17) is 87.0 Å². The first-order valence-corrected chi connectivity index (χ1v) is 46.4. The molecule has 4 spiro atoms. The zero-order valence-corrected chi connectivity index (χ0v) is 82.2. The Kier molecular flexibility index (Phi) is 32.2. The summed E-state index contributed by atoms with van der Waals surface area (Å²) in [4.78, 5) is 94.4. The number of piperazine rings is 4. The van der Waals surface area contributed by atoms with E-state index in [1.54, 1.807) is 47.4 Å². The molecule has 4 aliphatic heterocycles. The molecule has 140 heavy (non-hydrogen) atoms. The third-order valence-electron chi connectivity index (χ3n) is 25.3. The molecule has 2 atom stereocenters. The molecule has 4 aromatic heterocycles. The number of carbonyl (C=O) groups excluding carboxylic acids is 3. The highest BCUT2D eigenvalue weighted by Crippen LogP contribution is 2.51. The molecule has 756 valence electrons. The number of carboxylic acid groups (broad SMARTS) is 1. The monoisotopic (exact) mass is 1970 g/mol. The van der Waals surface area contributed by atoms with Crippen LogP contribution in [-0.4, -0.2) is 266 Å². The standard InChI is InChI=1S/C27H32F2N6O3.C21H28FN5O4.C16H20FN5O2.C11H14FNO2.C11H20N2O2.C10H9ClFN3O2/c1-4-31-19(16-5-7-17(28)8-6-16)14-21(36)34-11-12-35(27(15-34)9-10-27)26-32-23-18(25(30)33-26)13-20(37-2)24(38-3)22(23)29;1-20(2,3)31-19(28)26-8-9-27(21(11-26)6-7-21)18-24-15-12(17(23)25-18)10-13(29-4)16(30-5)14(15)22;1-23-10-7-9-12(11(17)13(10)24-2)20-15(21-14(9)18)22-6-5-19-8-16(22)3-4-16;1-2-13-10(7-11(14)15)8-3-5-9(12)6-4-8;1-10(2,3)15-9(14)13-7-6-12-11(8-13)4-5-11;1-16-5-3-4-7(6(12)8(5)17-2)14-10(11)15-9(4)13/h5-8,13,19,31H,4,9-12,14-15H2,1-3H3,(H2,30,32,33);10H,6-9,11H2,1-5H3,(H2,23,24,25);7,19H,3-6,8H2,1-2H3,(H2,18,20,21);3-6,10,13H,2,7H2,1H3,(H,14,15);12H,4-8H2,1-3H3;3H,1-2H3,(H2,13,14,15)/t19-;;;10-;;/m1..1../s1. The molecule has 0 radical (unpaired) electrons. The molecule has 4 saturated carbocycles. The first kappa shape index (κ1) is 104. The zero-order valence-electron chi connectivity index (χ0n) is 81.4. The molecule has 0 bridgehead atoms. The lowest BCUT2D eigenvalue weighted by atomic mass is 10.0. The number of aromatic nitrogens is 8. The van der Waals surface area contributed by atoms with Crippen LogP contribution in [0.25, 0.3) is 43.6 Å². The van der Waals surface area contributed by atoms with Gasteiger partial charge in [0.15, 0.2) is 69.3 Å². The Morgan fingerprint density at radius 1 is 0.436 bits per heavy atom. The van der Waals surface area contributed by atoms with Crippen molar-refractivity contribution in [3.63, 3.8) is 0 Å². The summed E-state index contributed by atoms with van der Waals surface area (Å²) in [6.45, 7) is 24.4. The van der Waals surface area contributed by atoms with Gasteiger partial charge in [-0.3, -0.25) is 9.59 Å². The van der Waals surface area contributed by atoms with E-state index in [2.05, 4.69) is 66.0 Å². The van der Waals surface area contributed by atoms with Crippen LogP contribution in [0.3, 0.4) is 0 Å². The van der Waals surface area contributed by atoms with Gasteiger partial charge in [-0.1, -0.05) is 38.1 Å². The molecule has 37 nitrogen and oxygen atoms in total. The number of rotatable bonds is 21. The zero-order chi connectivity index (χ0) is 101. The molecule has 18 rings (SSSR count). The first-order chi connectivity index (χ1) is 66.6. The largest absolute Gasteiger partial charge is 0.493 e. The Hall–Kier alpha value is -13.1. The summed E-state index contributed by atoms with van der Waals surface area (Å²) in [5.41, 5.74) is 24.8. The third kappa shape index (κ3) is 23.6. The molecule has 0 unspecified atom stereocenters. The van der Waals surface area contributed by atoms with Crippen molar-refractivity contribution in [2.24, 2.45) is 0 Å². The van der Waals surface area contributed by atoms with Gasteiger partial charge in [-0.15, -0.1) is 0 Å². The van der Waals surface area contributed by atoms with Crippen LogP contribution < -0.4 is 96.8 Å². The second-order valence-electron chi connectivity index (χ2n) is 37.1. The van der Waals surface area contributed by atoms with E-state index in [1.165, 1.54) is 100 Å². The van der Waals surface area contributed by atoms with Crippen LogP contribution in [0.4, 0.5) is 77.0 Å². The number of aliphatic carboxylic acids is 1. The molecule has 6 aromatic carbocycles. The Balaban J connectivity index is 0.000000147. The number of ether oxygens (including phenoxy) is 10. The quantitative estimate of drug-likeness (QED) is 0.0238. The fraction of sp³-hybridized carbons (Fsp3) is 0.500. The number of carboxylic acids is 1. The van der Waals surface area contributed by atoms with Crippen molar-refractivity contribution < 1.29 is 98.0 Å². The number of hydrogen-bond donors (Lipinski definition) is 9. The summed E-state index contributed by atoms with van der Waals surface area (Å²) >= 11 is 5.62. The summed E-state index contributed by atoms with van der Waals surface area (Å²) in [7, 11) is 11.2. The normalized spacial score (nSPS) is 17.0. The number of hydrogen-bond acceptors (Lipinski definition) is 33. The van der Waals surface area contributed by atoms with Crippen molar-refractivity contribution in [1.82, 2.24) is 75.8 Å². The average Bonchev–Trinajstić information content (AvgIpc) is 1.58. The van der Waals surface area contributed by atoms with E-state index >= 15 is 8.78 Å². The van der Waals surface area contributed by atoms with Crippen LogP contribution in [0.2, 0.25) is 5.28 Å². The minimum atomic E-state index is -0.870. The summed E-state index contributed by atoms with van der Waals surface area (Å²) in [6, 6.07) is 17.9. The molecule has 44 heteroatoms. The van der Waals surface area contributed by atoms with Crippen LogP contribution in [0.1, 0.15) is 143 Å². The molecule has 8 aliphatic rings. The lowest BCUT2D eigenvalue weighted by molar-refractivity contribution is -0.137. The molecule has 3 amide bonds. The SMILES string of the molecule is CC(C)(C)OC(=O)N1CCNC2(CC2)C1.CCN[C@H](CC(=O)N1CCN(c2nc(N)c3cc(OC)c(OC)c(F)c3n2)C2(CC2)C1)c1ccc(F)cc1.CCN[C@H](CC(=O)O)c1ccc(F)cc1.COc1cc2c(N)nc(Cl)nc2c(F)c1OC.COc1cc2c(N)nc(N3CCN(C(=O)OC(C)(C)C)CC34CC4)nc2c(F)c1OC.COc1cc2c(N)nc(N3CCNCC34CC4)nc2c(F)c1OC. The maximum absolute atomic E-state index is 15.3. The van der Waals surface area contributed by atoms with Gasteiger partial charge in [0.25, 0.3) is 0 Å². The number of nitrogens with one attached hydrogen (secondary N) is 4. The van der Waals surface area contributed by atoms with Gasteiger partial charge in [0.1, 0.15) is 68.2 Å². The van der Waals surface area contributed by atoms with Crippen molar-refractivity contribution in [1.29, 1.82) is 0 Å². The number of carbonyl (C=O) groups is 4. The highest BCUT2D eigenvalue weighted by Gasteiger charge is 2.56. The van der Waals surface area contributed by atoms with Gasteiger partial charge >= 0.3 is 18.2 Å². The summed E-state index contributed by atoms with van der Waals surface area (Å²) in [5, 5.41) is 23.3. The molecule has 4 aliphatic carbocycles. The molecule has 8 fully saturated rings. The van der Waals surface area contributed by atoms with Crippen molar-refractivity contribution in [3.05, 3.63) is 124 Å². The van der Waals surface area contributed by atoms with Crippen LogP contribution in [-0.2, 0) is 19.1 Å². The highest BCUT2D eigenvalue weighted by atomic mass is 35.5. The number of amides is 3. The van der Waals surface area contributed by atoms with Crippen LogP contribution in [0, 0.1) is 34.9 Å². The van der Waals surface area contributed by atoms with E-state index in [1.807, 2.05) is 75.0 Å². The van der Waals surface area contributed by atoms with Crippen LogP contribution in [0.5, 0.6) is 46.0 Å². The number of methoxy groups -OCH3 is 8. The maximum Gasteiger partial charge on any atom is 0.410 e. The van der Waals surface area contributed by atoms with E-state index in [9.17, 15) is 36.7 Å². The Morgan fingerprint density at radius 3 is 1.12 bits per heavy atom. The smallest absolute Gasteiger partial charge is 0.410 e. The van der Waals surface area contributed by atoms with Gasteiger partial charge in [0.2, 0.25) is 29.0 Å². The second-order valence-corrected chi connectivity index (χ2v) is 37.5. The maximum atomic E-state index is 15.3. The lowest BCUT2D eigenvalue weighted by Crippen LogP contribution is -2.57. The predicted molar refractivity (Wildman–Crippen MR) is 519 cm³/mol. The number of nitrogens with zero attached hydrogens (tertiary/aromatic N) is 14. The molecule has 4 saturated heterocycles. The number of anilines is 7. The molecular formula is C96H123ClF6N22O15. The van der Waals surface area contributed by atoms with E-state index in [0.717, 1.165) is 88.9 Å². The Labute approximate surface area is 811 Å². The highest BCUT2D eigenvalue weighted by molar-refractivity contribution is 6.28. The Morgan fingerprint density at radius 2 is 0.779 bits per heavy atom. The van der Waals surface area contributed by atoms with Crippen LogP contribution >= 0.6 is 11.6 Å². The van der Waals surface area contributed by atoms with Gasteiger partial charge in [-0.05, 0) is 177 Å². The fourth-order valence-corrected chi connectivity index (χ4v) is 17.7. The number of fused-ring (bicyclic) bond motifs is 4. The van der Waals surface area contributed by atoms with Crippen molar-refractivity contribution in [2.75, 3.05) is 186 Å². The summed E-state index contributed by atoms with van der Waals surface area (Å²) in [5.74, 6) is -1.44. The van der Waals surface area contributed by atoms with Gasteiger partial charge in [-0.2, -0.15) is 15.0 Å². The number of halogens is 7. The van der Waals surface area contributed by atoms with Gasteiger partial charge < -0.3 is 126 Å². The summed E-state index contributed by atoms with van der Waals surface area (Å²) in [6.07, 6.45) is 7.77. The van der Waals surface area contributed by atoms with Gasteiger partial charge in [0, 0.05) is 124 Å². The second kappa shape index (κ2) is 43.3. The van der Waals surface area contributed by atoms with Crippen molar-refractivity contribution in [3.8, 4) is 46.0 Å². The van der Waals surface area contributed by atoms with Gasteiger partial charge in [0.05, 0.1) is 79.9 Å². The lowest BCUT2D eigenvalue weighted by Gasteiger charge is -2.42. The summed E-state index contributed by atoms with van der Waals surface area (Å²) < 4.78 is 137. The predicted octanol–water partition coefficient (Wildman–Crippen LogP) is 13.0. The molecule has 8 heterocycles. The van der Waals surface area contributed by atoms with E-state index in [0.29, 0.717) is 91.7 Å². The minimum Gasteiger partial charge on any atom is -0.493 e.